The van der Waals surface area contributed by atoms with E-state index in [0.29, 0.717) is 11.8 Å². The van der Waals surface area contributed by atoms with Crippen LogP contribution in [0.15, 0.2) is 17.1 Å². The number of ether oxygens (including phenoxy) is 1. The first-order valence-electron chi connectivity index (χ1n) is 12.4. The number of carbonyl (C=O) groups is 1. The normalized spacial score (nSPS) is 18.4. The van der Waals surface area contributed by atoms with Gasteiger partial charge in [0.1, 0.15) is 11.3 Å². The Hall–Kier alpha value is -2.35. The number of nitrogens with zero attached hydrogens (tertiary/aromatic N) is 4. The molecule has 0 bridgehead atoms. The lowest BCUT2D eigenvalue weighted by Gasteiger charge is -2.26. The van der Waals surface area contributed by atoms with Crippen LogP contribution in [0.4, 0.5) is 20.1 Å². The number of aliphatic imine (C=N–C) groups is 1. The van der Waals surface area contributed by atoms with Crippen LogP contribution in [0.5, 0.6) is 0 Å². The highest BCUT2D eigenvalue weighted by atomic mass is 32.2. The second-order valence-electron chi connectivity index (χ2n) is 10.9. The van der Waals surface area contributed by atoms with E-state index in [9.17, 15) is 8.68 Å². The van der Waals surface area contributed by atoms with E-state index >= 15 is 0 Å². The largest absolute Gasteiger partial charge is 0.443 e. The Morgan fingerprint density at radius 3 is 2.49 bits per heavy atom. The predicted molar refractivity (Wildman–Crippen MR) is 144 cm³/mol. The van der Waals surface area contributed by atoms with E-state index in [4.69, 9.17) is 9.73 Å². The average Bonchev–Trinajstić information content (AvgIpc) is 3.11. The number of amides is 1. The Morgan fingerprint density at radius 1 is 1.23 bits per heavy atom. The van der Waals surface area contributed by atoms with Gasteiger partial charge in [-0.2, -0.15) is 9.19 Å². The molecule has 2 atom stereocenters. The topological polar surface area (TPSA) is 59.7 Å². The summed E-state index contributed by atoms with van der Waals surface area (Å²) < 4.78 is 20.8. The molecule has 3 rings (SSSR count). The van der Waals surface area contributed by atoms with E-state index in [0.717, 1.165) is 70.8 Å². The number of aromatic nitrogens is 2. The van der Waals surface area contributed by atoms with Crippen LogP contribution in [0.3, 0.4) is 0 Å². The predicted octanol–water partition coefficient (Wildman–Crippen LogP) is 7.54. The Bertz CT molecular complexity index is 1120. The highest BCUT2D eigenvalue weighted by Crippen LogP contribution is 2.36. The molecule has 0 N–H and O–H groups in total. The SMILES string of the molecule is CCC/C(=N\c1cc(N(C)C(=O)OC(C)(C)C)c(C)cc1C)c1nn(SF)c2c1C[C@H](C)[C@H](C)C2. The van der Waals surface area contributed by atoms with Crippen molar-refractivity contribution in [3.8, 4) is 0 Å². The molecule has 0 spiro atoms. The number of aryl methyl sites for hydroxylation is 2. The number of hydrogen-bond acceptors (Lipinski definition) is 5. The van der Waals surface area contributed by atoms with Crippen LogP contribution < -0.4 is 4.90 Å². The Balaban J connectivity index is 2.08. The van der Waals surface area contributed by atoms with Gasteiger partial charge < -0.3 is 4.74 Å². The molecule has 0 fully saturated rings. The van der Waals surface area contributed by atoms with Crippen molar-refractivity contribution in [3.05, 3.63) is 40.2 Å². The lowest BCUT2D eigenvalue weighted by molar-refractivity contribution is 0.0589. The summed E-state index contributed by atoms with van der Waals surface area (Å²) in [5.74, 6) is 0.983. The van der Waals surface area contributed by atoms with Gasteiger partial charge in [-0.15, -0.1) is 3.89 Å². The fraction of sp³-hybridized carbons (Fsp3) is 0.593. The molecular formula is C27H39FN4O2S. The number of fused-ring (bicyclic) bond motifs is 1. The van der Waals surface area contributed by atoms with Crippen molar-refractivity contribution in [3.63, 3.8) is 0 Å². The Morgan fingerprint density at radius 2 is 1.89 bits per heavy atom. The second-order valence-corrected chi connectivity index (χ2v) is 11.3. The van der Waals surface area contributed by atoms with Crippen molar-refractivity contribution in [1.82, 2.24) is 9.19 Å². The van der Waals surface area contributed by atoms with Crippen molar-refractivity contribution >= 4 is 35.5 Å². The van der Waals surface area contributed by atoms with Crippen molar-refractivity contribution in [2.45, 2.75) is 86.7 Å². The maximum absolute atomic E-state index is 13.8. The molecule has 2 aromatic rings. The molecular weight excluding hydrogens is 463 g/mol. The number of rotatable bonds is 6. The van der Waals surface area contributed by atoms with Crippen molar-refractivity contribution in [1.29, 1.82) is 0 Å². The molecule has 0 aliphatic heterocycles. The van der Waals surface area contributed by atoms with E-state index in [1.165, 1.54) is 8.99 Å². The van der Waals surface area contributed by atoms with Gasteiger partial charge in [0.2, 0.25) is 0 Å². The molecule has 0 saturated heterocycles. The highest BCUT2D eigenvalue weighted by molar-refractivity contribution is 7.92. The number of benzene rings is 1. The zero-order chi connectivity index (χ0) is 26.1. The molecule has 1 aliphatic carbocycles. The molecule has 1 amide bonds. The zero-order valence-electron chi connectivity index (χ0n) is 22.5. The lowest BCUT2D eigenvalue weighted by atomic mass is 9.79. The second kappa shape index (κ2) is 10.7. The van der Waals surface area contributed by atoms with Crippen molar-refractivity contribution < 1.29 is 13.4 Å². The smallest absolute Gasteiger partial charge is 0.414 e. The molecule has 1 aromatic carbocycles. The summed E-state index contributed by atoms with van der Waals surface area (Å²) in [6.07, 6.45) is 2.90. The van der Waals surface area contributed by atoms with Gasteiger partial charge in [-0.25, -0.2) is 4.79 Å². The number of anilines is 1. The van der Waals surface area contributed by atoms with Gasteiger partial charge in [-0.05, 0) is 82.9 Å². The van der Waals surface area contributed by atoms with Gasteiger partial charge in [0.05, 0.1) is 22.8 Å². The van der Waals surface area contributed by atoms with E-state index in [2.05, 4.69) is 25.9 Å². The number of halogens is 1. The summed E-state index contributed by atoms with van der Waals surface area (Å²) in [5.41, 5.74) is 6.64. The molecule has 8 heteroatoms. The van der Waals surface area contributed by atoms with Crippen LogP contribution in [0, 0.1) is 25.7 Å². The molecule has 1 aliphatic rings. The van der Waals surface area contributed by atoms with Gasteiger partial charge in [-0.1, -0.05) is 33.3 Å². The first-order valence-corrected chi connectivity index (χ1v) is 13.1. The first-order chi connectivity index (χ1) is 16.4. The standard InChI is InChI=1S/C27H39FN4O2S/c1-10-11-21(25-20-13-16(2)17(3)14-24(20)32(30-25)35-28)29-22-15-23(19(5)12-18(22)4)31(9)26(33)34-27(6,7)8/h12,15-17H,10-11,13-14H2,1-9H3/b29-21+/t16-,17+/m0/s1. The summed E-state index contributed by atoms with van der Waals surface area (Å²) in [6, 6.07) is 3.97. The summed E-state index contributed by atoms with van der Waals surface area (Å²) in [7, 11) is 1.71. The summed E-state index contributed by atoms with van der Waals surface area (Å²) in [6.45, 7) is 16.1. The Kier molecular flexibility index (Phi) is 8.35. The zero-order valence-corrected chi connectivity index (χ0v) is 23.3. The Labute approximate surface area is 213 Å². The van der Waals surface area contributed by atoms with Gasteiger partial charge >= 0.3 is 6.09 Å². The monoisotopic (exact) mass is 502 g/mol. The third kappa shape index (κ3) is 6.08. The minimum atomic E-state index is -0.583. The van der Waals surface area contributed by atoms with Crippen LogP contribution in [0.25, 0.3) is 0 Å². The van der Waals surface area contributed by atoms with E-state index in [1.807, 2.05) is 46.8 Å². The fourth-order valence-corrected chi connectivity index (χ4v) is 4.93. The van der Waals surface area contributed by atoms with E-state index < -0.39 is 11.7 Å². The van der Waals surface area contributed by atoms with Gasteiger partial charge in [0, 0.05) is 12.6 Å². The van der Waals surface area contributed by atoms with Gasteiger partial charge in [0.25, 0.3) is 0 Å². The molecule has 35 heavy (non-hydrogen) atoms. The minimum Gasteiger partial charge on any atom is -0.443 e. The number of hydrogen-bond donors (Lipinski definition) is 0. The maximum atomic E-state index is 13.8. The quantitative estimate of drug-likeness (QED) is 0.383. The average molecular weight is 503 g/mol. The molecule has 1 heterocycles. The first kappa shape index (κ1) is 27.2. The van der Waals surface area contributed by atoms with Crippen LogP contribution >= 0.6 is 12.3 Å². The molecule has 1 aromatic heterocycles. The molecule has 0 saturated carbocycles. The van der Waals surface area contributed by atoms with Gasteiger partial charge in [0.15, 0.2) is 12.3 Å². The summed E-state index contributed by atoms with van der Waals surface area (Å²) in [4.78, 5) is 19.3. The van der Waals surface area contributed by atoms with Crippen LogP contribution in [-0.2, 0) is 17.6 Å². The summed E-state index contributed by atoms with van der Waals surface area (Å²) >= 11 is 0.161. The van der Waals surface area contributed by atoms with Crippen LogP contribution in [0.2, 0.25) is 0 Å². The molecule has 0 radical (unpaired) electrons. The highest BCUT2D eigenvalue weighted by Gasteiger charge is 2.31. The van der Waals surface area contributed by atoms with Crippen LogP contribution in [-0.4, -0.2) is 33.6 Å². The fourth-order valence-electron chi connectivity index (χ4n) is 4.55. The van der Waals surface area contributed by atoms with E-state index in [1.54, 1.807) is 7.05 Å². The van der Waals surface area contributed by atoms with Gasteiger partial charge in [-0.3, -0.25) is 9.89 Å². The third-order valence-electron chi connectivity index (χ3n) is 6.69. The molecule has 192 valence electrons. The minimum absolute atomic E-state index is 0.161. The molecule has 6 nitrogen and oxygen atoms in total. The van der Waals surface area contributed by atoms with Crippen LogP contribution in [0.1, 0.15) is 82.5 Å². The summed E-state index contributed by atoms with van der Waals surface area (Å²) in [5, 5.41) is 4.66. The molecule has 0 unspecified atom stereocenters. The van der Waals surface area contributed by atoms with Crippen molar-refractivity contribution in [2.24, 2.45) is 16.8 Å². The lowest BCUT2D eigenvalue weighted by Crippen LogP contribution is -2.34. The van der Waals surface area contributed by atoms with E-state index in [-0.39, 0.29) is 12.3 Å². The third-order valence-corrected chi connectivity index (χ3v) is 7.13. The maximum Gasteiger partial charge on any atom is 0.414 e. The number of carbonyl (C=O) groups excluding carboxylic acids is 1. The van der Waals surface area contributed by atoms with Crippen molar-refractivity contribution in [2.75, 3.05) is 11.9 Å².